The van der Waals surface area contributed by atoms with Crippen molar-refractivity contribution in [2.24, 2.45) is 0 Å². The number of ether oxygens (including phenoxy) is 3. The first-order chi connectivity index (χ1) is 13.5. The van der Waals surface area contributed by atoms with Gasteiger partial charge in [0.2, 0.25) is 0 Å². The number of rotatable bonds is 15. The van der Waals surface area contributed by atoms with E-state index in [4.69, 9.17) is 14.2 Å². The van der Waals surface area contributed by atoms with Crippen molar-refractivity contribution >= 4 is 11.9 Å². The standard InChI is InChI=1S/C23H36O5/c1-4-5-6-7-8-9-11-19(2)28-23(25)13-10-12-22(24)27-18-20-14-16-21(26-3)17-15-20/h14-17,19H,4-13,18H2,1-3H3. The molecule has 5 nitrogen and oxygen atoms in total. The highest BCUT2D eigenvalue weighted by Gasteiger charge is 2.11. The van der Waals surface area contributed by atoms with Crippen molar-refractivity contribution < 1.29 is 23.8 Å². The molecule has 5 heteroatoms. The molecule has 0 aromatic heterocycles. The molecule has 1 atom stereocenters. The Kier molecular flexibility index (Phi) is 12.8. The maximum atomic E-state index is 11.9. The fraction of sp³-hybridized carbons (Fsp3) is 0.652. The highest BCUT2D eigenvalue weighted by Crippen LogP contribution is 2.13. The monoisotopic (exact) mass is 392 g/mol. The smallest absolute Gasteiger partial charge is 0.306 e. The Hall–Kier alpha value is -2.04. The summed E-state index contributed by atoms with van der Waals surface area (Å²) >= 11 is 0. The topological polar surface area (TPSA) is 61.8 Å². The van der Waals surface area contributed by atoms with Gasteiger partial charge in [-0.05, 0) is 43.9 Å². The molecule has 1 aromatic carbocycles. The van der Waals surface area contributed by atoms with Crippen LogP contribution in [-0.2, 0) is 25.7 Å². The van der Waals surface area contributed by atoms with Crippen LogP contribution in [0.5, 0.6) is 5.75 Å². The third-order valence-corrected chi connectivity index (χ3v) is 4.62. The summed E-state index contributed by atoms with van der Waals surface area (Å²) in [5.41, 5.74) is 0.900. The highest BCUT2D eigenvalue weighted by atomic mass is 16.5. The quantitative estimate of drug-likeness (QED) is 0.287. The molecule has 0 heterocycles. The van der Waals surface area contributed by atoms with Gasteiger partial charge in [-0.15, -0.1) is 0 Å². The molecule has 0 aliphatic rings. The number of carbonyl (C=O) groups excluding carboxylic acids is 2. The first kappa shape index (κ1) is 24.0. The normalized spacial score (nSPS) is 11.7. The molecule has 0 fully saturated rings. The molecule has 0 radical (unpaired) electrons. The number of hydrogen-bond donors (Lipinski definition) is 0. The number of hydrogen-bond acceptors (Lipinski definition) is 5. The second-order valence-electron chi connectivity index (χ2n) is 7.22. The Morgan fingerprint density at radius 3 is 2.21 bits per heavy atom. The average Bonchev–Trinajstić information content (AvgIpc) is 2.69. The molecule has 158 valence electrons. The molecule has 0 amide bonds. The molecule has 0 N–H and O–H groups in total. The number of benzene rings is 1. The van der Waals surface area contributed by atoms with E-state index in [2.05, 4.69) is 6.92 Å². The van der Waals surface area contributed by atoms with E-state index in [1.807, 2.05) is 31.2 Å². The molecule has 1 unspecified atom stereocenters. The maximum absolute atomic E-state index is 11.9. The van der Waals surface area contributed by atoms with Gasteiger partial charge in [-0.3, -0.25) is 9.59 Å². The summed E-state index contributed by atoms with van der Waals surface area (Å²) in [7, 11) is 1.61. The molecule has 0 saturated heterocycles. The summed E-state index contributed by atoms with van der Waals surface area (Å²) < 4.78 is 15.7. The number of methoxy groups -OCH3 is 1. The van der Waals surface area contributed by atoms with Crippen molar-refractivity contribution in [2.75, 3.05) is 7.11 Å². The fourth-order valence-electron chi connectivity index (χ4n) is 2.89. The van der Waals surface area contributed by atoms with Gasteiger partial charge in [0.15, 0.2) is 0 Å². The molecule has 0 aliphatic carbocycles. The lowest BCUT2D eigenvalue weighted by Crippen LogP contribution is -2.15. The molecule has 1 rings (SSSR count). The van der Waals surface area contributed by atoms with Crippen molar-refractivity contribution in [2.45, 2.75) is 90.8 Å². The predicted molar refractivity (Wildman–Crippen MR) is 110 cm³/mol. The molecule has 0 bridgehead atoms. The zero-order chi connectivity index (χ0) is 20.6. The lowest BCUT2D eigenvalue weighted by atomic mass is 10.1. The minimum atomic E-state index is -0.302. The third-order valence-electron chi connectivity index (χ3n) is 4.62. The number of carbonyl (C=O) groups is 2. The first-order valence-corrected chi connectivity index (χ1v) is 10.5. The minimum absolute atomic E-state index is 0.0549. The van der Waals surface area contributed by atoms with Crippen molar-refractivity contribution in [1.82, 2.24) is 0 Å². The van der Waals surface area contributed by atoms with E-state index in [1.54, 1.807) is 7.11 Å². The van der Waals surface area contributed by atoms with Crippen LogP contribution in [0.4, 0.5) is 0 Å². The van der Waals surface area contributed by atoms with Crippen LogP contribution in [0, 0.1) is 0 Å². The van der Waals surface area contributed by atoms with Crippen LogP contribution in [0.3, 0.4) is 0 Å². The van der Waals surface area contributed by atoms with Crippen LogP contribution in [0.25, 0.3) is 0 Å². The summed E-state index contributed by atoms with van der Waals surface area (Å²) in [4.78, 5) is 23.7. The summed E-state index contributed by atoms with van der Waals surface area (Å²) in [5.74, 6) is 0.226. The third kappa shape index (κ3) is 11.6. The van der Waals surface area contributed by atoms with E-state index < -0.39 is 0 Å². The Morgan fingerprint density at radius 2 is 1.54 bits per heavy atom. The van der Waals surface area contributed by atoms with Crippen molar-refractivity contribution in [3.8, 4) is 5.75 Å². The Labute approximate surface area is 169 Å². The van der Waals surface area contributed by atoms with Gasteiger partial charge in [0.25, 0.3) is 0 Å². The molecule has 0 aliphatic heterocycles. The fourth-order valence-corrected chi connectivity index (χ4v) is 2.89. The molecular formula is C23H36O5. The van der Waals surface area contributed by atoms with Crippen LogP contribution in [0.2, 0.25) is 0 Å². The molecule has 28 heavy (non-hydrogen) atoms. The van der Waals surface area contributed by atoms with E-state index in [-0.39, 0.29) is 37.5 Å². The van der Waals surface area contributed by atoms with E-state index in [0.717, 1.165) is 24.2 Å². The Bertz CT molecular complexity index is 553. The van der Waals surface area contributed by atoms with Gasteiger partial charge in [-0.2, -0.15) is 0 Å². The van der Waals surface area contributed by atoms with Gasteiger partial charge >= 0.3 is 11.9 Å². The maximum Gasteiger partial charge on any atom is 0.306 e. The first-order valence-electron chi connectivity index (χ1n) is 10.5. The van der Waals surface area contributed by atoms with Gasteiger partial charge in [0.05, 0.1) is 13.2 Å². The second-order valence-corrected chi connectivity index (χ2v) is 7.22. The molecule has 0 spiro atoms. The van der Waals surface area contributed by atoms with Gasteiger partial charge in [0, 0.05) is 12.8 Å². The van der Waals surface area contributed by atoms with E-state index in [0.29, 0.717) is 6.42 Å². The summed E-state index contributed by atoms with van der Waals surface area (Å²) in [6.45, 7) is 4.37. The van der Waals surface area contributed by atoms with E-state index in [1.165, 1.54) is 32.1 Å². The van der Waals surface area contributed by atoms with Crippen molar-refractivity contribution in [1.29, 1.82) is 0 Å². The van der Waals surface area contributed by atoms with Crippen LogP contribution >= 0.6 is 0 Å². The number of unbranched alkanes of at least 4 members (excludes halogenated alkanes) is 5. The van der Waals surface area contributed by atoms with Crippen molar-refractivity contribution in [3.05, 3.63) is 29.8 Å². The van der Waals surface area contributed by atoms with Crippen LogP contribution < -0.4 is 4.74 Å². The van der Waals surface area contributed by atoms with E-state index in [9.17, 15) is 9.59 Å². The second kappa shape index (κ2) is 14.9. The minimum Gasteiger partial charge on any atom is -0.497 e. The van der Waals surface area contributed by atoms with Gasteiger partial charge < -0.3 is 14.2 Å². The summed E-state index contributed by atoms with van der Waals surface area (Å²) in [5, 5.41) is 0. The van der Waals surface area contributed by atoms with Gasteiger partial charge in [0.1, 0.15) is 12.4 Å². The number of esters is 2. The van der Waals surface area contributed by atoms with Crippen LogP contribution in [0.1, 0.15) is 83.6 Å². The van der Waals surface area contributed by atoms with E-state index >= 15 is 0 Å². The lowest BCUT2D eigenvalue weighted by Gasteiger charge is -2.13. The molecule has 1 aromatic rings. The lowest BCUT2D eigenvalue weighted by molar-refractivity contribution is -0.149. The Morgan fingerprint density at radius 1 is 0.893 bits per heavy atom. The predicted octanol–water partition coefficient (Wildman–Crippen LogP) is 5.59. The molecular weight excluding hydrogens is 356 g/mol. The van der Waals surface area contributed by atoms with Crippen molar-refractivity contribution in [3.63, 3.8) is 0 Å². The SMILES string of the molecule is CCCCCCCCC(C)OC(=O)CCCC(=O)OCc1ccc(OC)cc1. The van der Waals surface area contributed by atoms with Crippen LogP contribution in [0.15, 0.2) is 24.3 Å². The van der Waals surface area contributed by atoms with Crippen LogP contribution in [-0.4, -0.2) is 25.2 Å². The van der Waals surface area contributed by atoms with Gasteiger partial charge in [-0.25, -0.2) is 0 Å². The zero-order valence-corrected chi connectivity index (χ0v) is 17.7. The highest BCUT2D eigenvalue weighted by molar-refractivity contribution is 5.72. The largest absolute Gasteiger partial charge is 0.497 e. The Balaban J connectivity index is 2.07. The molecule has 0 saturated carbocycles. The average molecular weight is 393 g/mol. The summed E-state index contributed by atoms with van der Waals surface area (Å²) in [6, 6.07) is 7.36. The van der Waals surface area contributed by atoms with Gasteiger partial charge in [-0.1, -0.05) is 51.2 Å². The summed E-state index contributed by atoms with van der Waals surface area (Å²) in [6.07, 6.45) is 9.15. The zero-order valence-electron chi connectivity index (χ0n) is 17.7.